The highest BCUT2D eigenvalue weighted by atomic mass is 19.1. The fourth-order valence-corrected chi connectivity index (χ4v) is 2.62. The van der Waals surface area contributed by atoms with Crippen LogP contribution in [0.4, 0.5) is 4.39 Å². The van der Waals surface area contributed by atoms with Crippen LogP contribution in [0.15, 0.2) is 36.4 Å². The average Bonchev–Trinajstić information content (AvgIpc) is 2.37. The van der Waals surface area contributed by atoms with Crippen LogP contribution in [0.25, 0.3) is 0 Å². The van der Waals surface area contributed by atoms with Gasteiger partial charge >= 0.3 is 0 Å². The van der Waals surface area contributed by atoms with Crippen molar-refractivity contribution in [1.82, 2.24) is 5.32 Å². The summed E-state index contributed by atoms with van der Waals surface area (Å²) in [7, 11) is 1.87. The Morgan fingerprint density at radius 3 is 2.21 bits per heavy atom. The Kier molecular flexibility index (Phi) is 4.01. The van der Waals surface area contributed by atoms with E-state index in [2.05, 4.69) is 31.3 Å². The minimum atomic E-state index is -0.160. The lowest BCUT2D eigenvalue weighted by molar-refractivity contribution is 0.573. The minimum Gasteiger partial charge on any atom is -0.309 e. The van der Waals surface area contributed by atoms with Crippen molar-refractivity contribution in [3.05, 3.63) is 70.0 Å². The maximum absolute atomic E-state index is 14.1. The average molecular weight is 257 g/mol. The summed E-state index contributed by atoms with van der Waals surface area (Å²) >= 11 is 0. The molecule has 1 unspecified atom stereocenters. The number of benzene rings is 2. The number of rotatable bonds is 3. The normalized spacial score (nSPS) is 12.5. The topological polar surface area (TPSA) is 12.0 Å². The summed E-state index contributed by atoms with van der Waals surface area (Å²) in [6, 6.07) is 11.3. The Morgan fingerprint density at radius 2 is 1.63 bits per heavy atom. The molecule has 2 aromatic carbocycles. The molecule has 0 fully saturated rings. The van der Waals surface area contributed by atoms with Gasteiger partial charge < -0.3 is 5.32 Å². The van der Waals surface area contributed by atoms with Crippen LogP contribution in [0.5, 0.6) is 0 Å². The molecule has 1 nitrogen and oxygen atoms in total. The van der Waals surface area contributed by atoms with Crippen molar-refractivity contribution >= 4 is 0 Å². The van der Waals surface area contributed by atoms with E-state index in [1.807, 2.05) is 26.1 Å². The van der Waals surface area contributed by atoms with Crippen molar-refractivity contribution in [1.29, 1.82) is 0 Å². The molecule has 0 radical (unpaired) electrons. The highest BCUT2D eigenvalue weighted by Gasteiger charge is 2.19. The molecule has 2 heteroatoms. The van der Waals surface area contributed by atoms with Gasteiger partial charge in [-0.1, -0.05) is 35.9 Å². The third kappa shape index (κ3) is 2.69. The summed E-state index contributed by atoms with van der Waals surface area (Å²) in [5.74, 6) is -0.160. The zero-order valence-electron chi connectivity index (χ0n) is 11.9. The van der Waals surface area contributed by atoms with E-state index >= 15 is 0 Å². The van der Waals surface area contributed by atoms with E-state index in [0.29, 0.717) is 5.56 Å². The van der Waals surface area contributed by atoms with Gasteiger partial charge in [-0.05, 0) is 50.6 Å². The largest absolute Gasteiger partial charge is 0.309 e. The molecule has 0 saturated carbocycles. The highest BCUT2D eigenvalue weighted by Crippen LogP contribution is 2.29. The number of hydrogen-bond acceptors (Lipinski definition) is 1. The summed E-state index contributed by atoms with van der Waals surface area (Å²) in [5.41, 5.74) is 5.30. The first-order valence-corrected chi connectivity index (χ1v) is 6.54. The predicted octanol–water partition coefficient (Wildman–Crippen LogP) is 4.06. The zero-order valence-corrected chi connectivity index (χ0v) is 11.9. The lowest BCUT2D eigenvalue weighted by atomic mass is 9.90. The Bertz CT molecular complexity index is 570. The lowest BCUT2D eigenvalue weighted by Gasteiger charge is -2.22. The van der Waals surface area contributed by atoms with Crippen LogP contribution in [0.1, 0.15) is 33.9 Å². The fraction of sp³-hybridized carbons (Fsp3) is 0.294. The van der Waals surface area contributed by atoms with Gasteiger partial charge in [-0.25, -0.2) is 4.39 Å². The van der Waals surface area contributed by atoms with Gasteiger partial charge in [0.15, 0.2) is 0 Å². The third-order valence-electron chi connectivity index (χ3n) is 3.58. The Hall–Kier alpha value is -1.67. The second-order valence-electron chi connectivity index (χ2n) is 5.05. The van der Waals surface area contributed by atoms with E-state index in [0.717, 1.165) is 11.1 Å². The van der Waals surface area contributed by atoms with Crippen molar-refractivity contribution in [2.45, 2.75) is 26.8 Å². The molecule has 0 aromatic heterocycles. The minimum absolute atomic E-state index is 0.110. The van der Waals surface area contributed by atoms with Gasteiger partial charge in [0.25, 0.3) is 0 Å². The first-order valence-electron chi connectivity index (χ1n) is 6.54. The van der Waals surface area contributed by atoms with Crippen molar-refractivity contribution in [2.24, 2.45) is 0 Å². The molecule has 19 heavy (non-hydrogen) atoms. The number of hydrogen-bond donors (Lipinski definition) is 1. The number of nitrogens with one attached hydrogen (secondary N) is 1. The number of halogens is 1. The maximum atomic E-state index is 14.1. The lowest BCUT2D eigenvalue weighted by Crippen LogP contribution is -2.21. The third-order valence-corrected chi connectivity index (χ3v) is 3.58. The molecule has 1 N–H and O–H groups in total. The molecule has 0 aliphatic carbocycles. The van der Waals surface area contributed by atoms with Crippen molar-refractivity contribution in [3.63, 3.8) is 0 Å². The van der Waals surface area contributed by atoms with Crippen LogP contribution in [0, 0.1) is 26.6 Å². The summed E-state index contributed by atoms with van der Waals surface area (Å²) in [4.78, 5) is 0. The first kappa shape index (κ1) is 13.8. The molecule has 0 saturated heterocycles. The van der Waals surface area contributed by atoms with Crippen molar-refractivity contribution in [2.75, 3.05) is 7.05 Å². The predicted molar refractivity (Wildman–Crippen MR) is 78.0 cm³/mol. The van der Waals surface area contributed by atoms with Gasteiger partial charge in [0.05, 0.1) is 6.04 Å². The van der Waals surface area contributed by atoms with Crippen molar-refractivity contribution < 1.29 is 4.39 Å². The van der Waals surface area contributed by atoms with Crippen LogP contribution in [0.3, 0.4) is 0 Å². The molecular weight excluding hydrogens is 237 g/mol. The van der Waals surface area contributed by atoms with Gasteiger partial charge in [0.1, 0.15) is 5.82 Å². The van der Waals surface area contributed by atoms with E-state index < -0.39 is 0 Å². The molecule has 0 heterocycles. The van der Waals surface area contributed by atoms with E-state index in [1.54, 1.807) is 12.1 Å². The highest BCUT2D eigenvalue weighted by molar-refractivity contribution is 5.43. The SMILES string of the molecule is CNC(c1cc(C)ccc1F)c1c(C)cccc1C. The van der Waals surface area contributed by atoms with Gasteiger partial charge in [-0.3, -0.25) is 0 Å². The molecule has 0 amide bonds. The van der Waals surface area contributed by atoms with Crippen LogP contribution in [0.2, 0.25) is 0 Å². The first-order chi connectivity index (χ1) is 9.04. The molecular formula is C17H20FN. The standard InChI is InChI=1S/C17H20FN/c1-11-8-9-15(18)14(10-11)17(19-4)16-12(2)6-5-7-13(16)3/h5-10,17,19H,1-4H3. The van der Waals surface area contributed by atoms with E-state index in [1.165, 1.54) is 11.1 Å². The maximum Gasteiger partial charge on any atom is 0.128 e. The van der Waals surface area contributed by atoms with Gasteiger partial charge in [-0.2, -0.15) is 0 Å². The number of aryl methyl sites for hydroxylation is 3. The van der Waals surface area contributed by atoms with Crippen LogP contribution >= 0.6 is 0 Å². The molecule has 2 aromatic rings. The summed E-state index contributed by atoms with van der Waals surface area (Å²) in [5, 5.41) is 3.24. The van der Waals surface area contributed by atoms with E-state index in [4.69, 9.17) is 0 Å². The molecule has 0 bridgehead atoms. The summed E-state index contributed by atoms with van der Waals surface area (Å²) in [6.07, 6.45) is 0. The molecule has 1 atom stereocenters. The second-order valence-corrected chi connectivity index (χ2v) is 5.05. The smallest absolute Gasteiger partial charge is 0.128 e. The van der Waals surface area contributed by atoms with Crippen LogP contribution in [-0.4, -0.2) is 7.05 Å². The summed E-state index contributed by atoms with van der Waals surface area (Å²) < 4.78 is 14.1. The quantitative estimate of drug-likeness (QED) is 0.874. The van der Waals surface area contributed by atoms with E-state index in [-0.39, 0.29) is 11.9 Å². The van der Waals surface area contributed by atoms with Gasteiger partial charge in [-0.15, -0.1) is 0 Å². The fourth-order valence-electron chi connectivity index (χ4n) is 2.62. The van der Waals surface area contributed by atoms with Crippen LogP contribution in [-0.2, 0) is 0 Å². The van der Waals surface area contributed by atoms with Gasteiger partial charge in [0, 0.05) is 5.56 Å². The Labute approximate surface area is 114 Å². The molecule has 0 aliphatic rings. The monoisotopic (exact) mass is 257 g/mol. The molecule has 100 valence electrons. The molecule has 0 aliphatic heterocycles. The van der Waals surface area contributed by atoms with Crippen LogP contribution < -0.4 is 5.32 Å². The van der Waals surface area contributed by atoms with E-state index in [9.17, 15) is 4.39 Å². The summed E-state index contributed by atoms with van der Waals surface area (Å²) in [6.45, 7) is 6.13. The van der Waals surface area contributed by atoms with Crippen molar-refractivity contribution in [3.8, 4) is 0 Å². The molecule has 2 rings (SSSR count). The van der Waals surface area contributed by atoms with Gasteiger partial charge in [0.2, 0.25) is 0 Å². The Balaban J connectivity index is 2.59. The Morgan fingerprint density at radius 1 is 1.00 bits per heavy atom. The zero-order chi connectivity index (χ0) is 14.0. The molecule has 0 spiro atoms. The second kappa shape index (κ2) is 5.54.